The van der Waals surface area contributed by atoms with Crippen LogP contribution in [-0.2, 0) is 6.54 Å². The number of hydrogen-bond donors (Lipinski definition) is 2. The Morgan fingerprint density at radius 1 is 1.29 bits per heavy atom. The molecule has 5 heteroatoms. The summed E-state index contributed by atoms with van der Waals surface area (Å²) in [6, 6.07) is 8.65. The van der Waals surface area contributed by atoms with Gasteiger partial charge in [0.15, 0.2) is 5.96 Å². The summed E-state index contributed by atoms with van der Waals surface area (Å²) >= 11 is 0. The van der Waals surface area contributed by atoms with Crippen molar-refractivity contribution in [2.75, 3.05) is 6.54 Å². The molecule has 0 amide bonds. The van der Waals surface area contributed by atoms with Crippen molar-refractivity contribution in [3.8, 4) is 0 Å². The van der Waals surface area contributed by atoms with Gasteiger partial charge >= 0.3 is 0 Å². The van der Waals surface area contributed by atoms with E-state index in [4.69, 9.17) is 5.73 Å². The molecule has 0 atom stereocenters. The number of para-hydroxylation sites is 2. The van der Waals surface area contributed by atoms with E-state index in [1.54, 1.807) is 0 Å². The molecule has 112 valence electrons. The molecule has 5 nitrogen and oxygen atoms in total. The van der Waals surface area contributed by atoms with Gasteiger partial charge in [0.25, 0.3) is 0 Å². The first-order valence-corrected chi connectivity index (χ1v) is 7.79. The molecule has 1 fully saturated rings. The topological polar surface area (TPSA) is 68.2 Å². The number of benzene rings is 1. The lowest BCUT2D eigenvalue weighted by Gasteiger charge is -2.23. The average molecular weight is 285 g/mol. The third kappa shape index (κ3) is 3.54. The number of rotatable bonds is 4. The van der Waals surface area contributed by atoms with Crippen LogP contribution in [0, 0.1) is 0 Å². The van der Waals surface area contributed by atoms with Crippen molar-refractivity contribution >= 4 is 17.0 Å². The molecular weight excluding hydrogens is 262 g/mol. The smallest absolute Gasteiger partial charge is 0.188 e. The minimum Gasteiger partial charge on any atom is -0.370 e. The lowest BCUT2D eigenvalue weighted by molar-refractivity contribution is 0.412. The predicted octanol–water partition coefficient (Wildman–Crippen LogP) is 2.27. The Morgan fingerprint density at radius 3 is 2.95 bits per heavy atom. The van der Waals surface area contributed by atoms with E-state index >= 15 is 0 Å². The van der Waals surface area contributed by atoms with Crippen LogP contribution in [-0.4, -0.2) is 28.1 Å². The SMILES string of the molecule is NC(=NCCn1cnc2ccccc21)NC1CCCCC1. The van der Waals surface area contributed by atoms with E-state index in [0.29, 0.717) is 18.5 Å². The molecule has 0 aliphatic heterocycles. The Bertz CT molecular complexity index is 610. The van der Waals surface area contributed by atoms with Crippen LogP contribution in [0.3, 0.4) is 0 Å². The number of guanidine groups is 1. The molecule has 0 bridgehead atoms. The molecule has 0 unspecified atom stereocenters. The van der Waals surface area contributed by atoms with Gasteiger partial charge in [-0.3, -0.25) is 4.99 Å². The van der Waals surface area contributed by atoms with Crippen molar-refractivity contribution in [1.29, 1.82) is 0 Å². The fourth-order valence-corrected chi connectivity index (χ4v) is 2.97. The summed E-state index contributed by atoms with van der Waals surface area (Å²) < 4.78 is 2.12. The van der Waals surface area contributed by atoms with Crippen LogP contribution >= 0.6 is 0 Å². The fourth-order valence-electron chi connectivity index (χ4n) is 2.97. The van der Waals surface area contributed by atoms with Crippen LogP contribution in [0.15, 0.2) is 35.6 Å². The molecule has 1 aliphatic rings. The second-order valence-electron chi connectivity index (χ2n) is 5.67. The molecule has 1 heterocycles. The van der Waals surface area contributed by atoms with Gasteiger partial charge in [0.2, 0.25) is 0 Å². The second-order valence-corrected chi connectivity index (χ2v) is 5.67. The van der Waals surface area contributed by atoms with Crippen molar-refractivity contribution in [1.82, 2.24) is 14.9 Å². The largest absolute Gasteiger partial charge is 0.370 e. The van der Waals surface area contributed by atoms with Crippen molar-refractivity contribution in [3.63, 3.8) is 0 Å². The van der Waals surface area contributed by atoms with E-state index in [0.717, 1.165) is 17.6 Å². The molecule has 1 saturated carbocycles. The van der Waals surface area contributed by atoms with E-state index in [-0.39, 0.29) is 0 Å². The maximum atomic E-state index is 5.97. The molecule has 1 aliphatic carbocycles. The summed E-state index contributed by atoms with van der Waals surface area (Å²) in [4.78, 5) is 8.81. The van der Waals surface area contributed by atoms with Crippen molar-refractivity contribution < 1.29 is 0 Å². The van der Waals surface area contributed by atoms with Crippen molar-refractivity contribution in [2.24, 2.45) is 10.7 Å². The van der Waals surface area contributed by atoms with Gasteiger partial charge in [0.05, 0.1) is 23.9 Å². The zero-order chi connectivity index (χ0) is 14.5. The van der Waals surface area contributed by atoms with Gasteiger partial charge in [-0.25, -0.2) is 4.98 Å². The molecule has 21 heavy (non-hydrogen) atoms. The van der Waals surface area contributed by atoms with Gasteiger partial charge in [-0.1, -0.05) is 31.4 Å². The first-order chi connectivity index (χ1) is 10.3. The number of nitrogens with zero attached hydrogens (tertiary/aromatic N) is 3. The van der Waals surface area contributed by atoms with Crippen LogP contribution in [0.5, 0.6) is 0 Å². The predicted molar refractivity (Wildman–Crippen MR) is 86.2 cm³/mol. The van der Waals surface area contributed by atoms with Gasteiger partial charge in [-0.2, -0.15) is 0 Å². The summed E-state index contributed by atoms with van der Waals surface area (Å²) in [7, 11) is 0. The summed E-state index contributed by atoms with van der Waals surface area (Å²) in [5.74, 6) is 0.575. The molecule has 0 saturated heterocycles. The number of aromatic nitrogens is 2. The Hall–Kier alpha value is -2.04. The highest BCUT2D eigenvalue weighted by Crippen LogP contribution is 2.17. The molecule has 3 N–H and O–H groups in total. The lowest BCUT2D eigenvalue weighted by atomic mass is 9.96. The third-order valence-corrected chi connectivity index (χ3v) is 4.11. The molecule has 0 spiro atoms. The highest BCUT2D eigenvalue weighted by Gasteiger charge is 2.13. The number of fused-ring (bicyclic) bond motifs is 1. The molecular formula is C16H23N5. The third-order valence-electron chi connectivity index (χ3n) is 4.11. The van der Waals surface area contributed by atoms with Crippen LogP contribution in [0.25, 0.3) is 11.0 Å². The molecule has 0 radical (unpaired) electrons. The highest BCUT2D eigenvalue weighted by molar-refractivity contribution is 5.78. The number of imidazole rings is 1. The van der Waals surface area contributed by atoms with Crippen LogP contribution in [0.4, 0.5) is 0 Å². The van der Waals surface area contributed by atoms with Crippen molar-refractivity contribution in [3.05, 3.63) is 30.6 Å². The Morgan fingerprint density at radius 2 is 2.10 bits per heavy atom. The molecule has 3 rings (SSSR count). The molecule has 2 aromatic rings. The first kappa shape index (κ1) is 13.9. The quantitative estimate of drug-likeness (QED) is 0.669. The Labute approximate surface area is 125 Å². The highest BCUT2D eigenvalue weighted by atomic mass is 15.1. The van der Waals surface area contributed by atoms with E-state index in [1.165, 1.54) is 32.1 Å². The first-order valence-electron chi connectivity index (χ1n) is 7.79. The van der Waals surface area contributed by atoms with Gasteiger partial charge < -0.3 is 15.6 Å². The standard InChI is InChI=1S/C16H23N5/c17-16(20-13-6-2-1-3-7-13)18-10-11-21-12-19-14-8-4-5-9-15(14)21/h4-5,8-9,12-13H,1-3,6-7,10-11H2,(H3,17,18,20). The summed E-state index contributed by atoms with van der Waals surface area (Å²) in [5, 5.41) is 3.34. The second kappa shape index (κ2) is 6.61. The Kier molecular flexibility index (Phi) is 4.38. The summed E-state index contributed by atoms with van der Waals surface area (Å²) in [5.41, 5.74) is 8.14. The van der Waals surface area contributed by atoms with Crippen LogP contribution in [0.1, 0.15) is 32.1 Å². The van der Waals surface area contributed by atoms with Gasteiger partial charge in [0, 0.05) is 12.6 Å². The monoisotopic (exact) mass is 285 g/mol. The molecule has 1 aromatic heterocycles. The van der Waals surface area contributed by atoms with E-state index in [2.05, 4.69) is 25.9 Å². The van der Waals surface area contributed by atoms with Crippen LogP contribution < -0.4 is 11.1 Å². The van der Waals surface area contributed by atoms with E-state index in [1.807, 2.05) is 24.5 Å². The van der Waals surface area contributed by atoms with Gasteiger partial charge in [-0.05, 0) is 25.0 Å². The van der Waals surface area contributed by atoms with Crippen LogP contribution in [0.2, 0.25) is 0 Å². The number of nitrogens with one attached hydrogen (secondary N) is 1. The minimum atomic E-state index is 0.511. The van der Waals surface area contributed by atoms with Gasteiger partial charge in [-0.15, -0.1) is 0 Å². The maximum Gasteiger partial charge on any atom is 0.188 e. The molecule has 1 aromatic carbocycles. The zero-order valence-electron chi connectivity index (χ0n) is 12.3. The Balaban J connectivity index is 1.53. The summed E-state index contributed by atoms with van der Waals surface area (Å²) in [6.45, 7) is 1.47. The fraction of sp³-hybridized carbons (Fsp3) is 0.500. The minimum absolute atomic E-state index is 0.511. The number of aliphatic imine (C=N–C) groups is 1. The zero-order valence-corrected chi connectivity index (χ0v) is 12.3. The number of nitrogens with two attached hydrogens (primary N) is 1. The lowest BCUT2D eigenvalue weighted by Crippen LogP contribution is -2.41. The van der Waals surface area contributed by atoms with E-state index < -0.39 is 0 Å². The van der Waals surface area contributed by atoms with E-state index in [9.17, 15) is 0 Å². The average Bonchev–Trinajstić information content (AvgIpc) is 2.92. The number of hydrogen-bond acceptors (Lipinski definition) is 2. The summed E-state index contributed by atoms with van der Waals surface area (Å²) in [6.07, 6.45) is 8.23. The van der Waals surface area contributed by atoms with Crippen molar-refractivity contribution in [2.45, 2.75) is 44.7 Å². The normalized spacial score (nSPS) is 17.2. The maximum absolute atomic E-state index is 5.97. The van der Waals surface area contributed by atoms with Gasteiger partial charge in [0.1, 0.15) is 0 Å².